The summed E-state index contributed by atoms with van der Waals surface area (Å²) in [5.41, 5.74) is 9.84. The molecule has 8 aromatic rings. The van der Waals surface area contributed by atoms with E-state index in [9.17, 15) is 14.0 Å². The molecule has 6 aromatic carbocycles. The van der Waals surface area contributed by atoms with Crippen molar-refractivity contribution >= 4 is 33.8 Å². The average Bonchev–Trinajstić information content (AvgIpc) is 3.83. The van der Waals surface area contributed by atoms with Crippen LogP contribution in [0.1, 0.15) is 59.7 Å². The van der Waals surface area contributed by atoms with Gasteiger partial charge in [-0.1, -0.05) is 78.4 Å². The lowest BCUT2D eigenvalue weighted by atomic mass is 9.94. The Labute approximate surface area is 334 Å². The Morgan fingerprint density at radius 3 is 1.43 bits per heavy atom. The maximum absolute atomic E-state index is 14.0. The van der Waals surface area contributed by atoms with Gasteiger partial charge in [0.25, 0.3) is 11.8 Å². The monoisotopic (exact) mass is 770 g/mol. The zero-order valence-corrected chi connectivity index (χ0v) is 32.2. The predicted molar refractivity (Wildman–Crippen MR) is 222 cm³/mol. The molecule has 0 saturated carbocycles. The van der Waals surface area contributed by atoms with Gasteiger partial charge in [0.2, 0.25) is 0 Å². The SMILES string of the molecule is CNC(=O)c1c(-c2ccc(C)cc2)oc2ccc3c(c12)Cc1cccc(c1)COc1ccc2oc(-c4ccc(F)cc4)c(C(=O)NC)c2c1Cc1cccc(c1)CO3. The number of halogens is 1. The summed E-state index contributed by atoms with van der Waals surface area (Å²) in [6.45, 7) is 2.51. The summed E-state index contributed by atoms with van der Waals surface area (Å²) in [4.78, 5) is 27.4. The van der Waals surface area contributed by atoms with Gasteiger partial charge in [-0.2, -0.15) is 0 Å². The zero-order valence-electron chi connectivity index (χ0n) is 32.2. The number of hydrogen-bond acceptors (Lipinski definition) is 6. The van der Waals surface area contributed by atoms with Gasteiger partial charge in [0.1, 0.15) is 53.2 Å². The number of carbonyl (C=O) groups is 2. The van der Waals surface area contributed by atoms with Crippen LogP contribution >= 0.6 is 0 Å². The largest absolute Gasteiger partial charge is 0.489 e. The molecule has 8 nitrogen and oxygen atoms in total. The van der Waals surface area contributed by atoms with Crippen molar-refractivity contribution in [3.8, 4) is 34.1 Å². The van der Waals surface area contributed by atoms with Gasteiger partial charge in [-0.3, -0.25) is 9.59 Å². The molecule has 2 aromatic heterocycles. The first-order chi connectivity index (χ1) is 28.3. The lowest BCUT2D eigenvalue weighted by Crippen LogP contribution is -2.18. The Morgan fingerprint density at radius 1 is 0.552 bits per heavy atom. The molecule has 4 bridgehead atoms. The van der Waals surface area contributed by atoms with Crippen molar-refractivity contribution in [1.29, 1.82) is 0 Å². The topological polar surface area (TPSA) is 103 Å². The molecule has 0 spiro atoms. The highest BCUT2D eigenvalue weighted by molar-refractivity contribution is 6.13. The molecule has 2 amide bonds. The van der Waals surface area contributed by atoms with Crippen LogP contribution in [0.25, 0.3) is 44.6 Å². The van der Waals surface area contributed by atoms with Crippen LogP contribution in [0.2, 0.25) is 0 Å². The third-order valence-corrected chi connectivity index (χ3v) is 10.7. The van der Waals surface area contributed by atoms with Crippen molar-refractivity contribution in [2.24, 2.45) is 0 Å². The van der Waals surface area contributed by atoms with E-state index in [2.05, 4.69) is 28.8 Å². The van der Waals surface area contributed by atoms with Gasteiger partial charge in [-0.15, -0.1) is 0 Å². The van der Waals surface area contributed by atoms with Gasteiger partial charge < -0.3 is 28.9 Å². The van der Waals surface area contributed by atoms with Crippen molar-refractivity contribution in [3.63, 3.8) is 0 Å². The molecule has 0 aliphatic carbocycles. The normalized spacial score (nSPS) is 12.6. The van der Waals surface area contributed by atoms with Crippen LogP contribution in [0.4, 0.5) is 4.39 Å². The Balaban J connectivity index is 1.19. The van der Waals surface area contributed by atoms with Crippen molar-refractivity contribution in [2.45, 2.75) is 33.0 Å². The molecule has 0 saturated heterocycles. The summed E-state index contributed by atoms with van der Waals surface area (Å²) < 4.78 is 40.2. The van der Waals surface area contributed by atoms with Crippen LogP contribution in [0.3, 0.4) is 0 Å². The fourth-order valence-corrected chi connectivity index (χ4v) is 7.89. The van der Waals surface area contributed by atoms with Gasteiger partial charge in [-0.25, -0.2) is 4.39 Å². The highest BCUT2D eigenvalue weighted by atomic mass is 19.1. The Kier molecular flexibility index (Phi) is 9.49. The first-order valence-electron chi connectivity index (χ1n) is 19.1. The number of nitrogens with one attached hydrogen (secondary N) is 2. The second kappa shape index (κ2) is 15.1. The van der Waals surface area contributed by atoms with Gasteiger partial charge in [0.15, 0.2) is 0 Å². The fourth-order valence-electron chi connectivity index (χ4n) is 7.89. The van der Waals surface area contributed by atoms with Gasteiger partial charge in [-0.05, 0) is 77.7 Å². The molecular formula is C49H39FN2O6. The van der Waals surface area contributed by atoms with E-state index in [0.29, 0.717) is 74.5 Å². The second-order valence-corrected chi connectivity index (χ2v) is 14.5. The summed E-state index contributed by atoms with van der Waals surface area (Å²) in [5, 5.41) is 6.95. The zero-order chi connectivity index (χ0) is 39.9. The van der Waals surface area contributed by atoms with E-state index < -0.39 is 0 Å². The molecule has 0 radical (unpaired) electrons. The molecule has 1 aliphatic rings. The molecule has 0 atom stereocenters. The third kappa shape index (κ3) is 6.74. The Hall–Kier alpha value is -7.13. The number of hydrogen-bond donors (Lipinski definition) is 2. The van der Waals surface area contributed by atoms with Crippen molar-refractivity contribution < 1.29 is 32.3 Å². The van der Waals surface area contributed by atoms with Crippen LogP contribution in [0, 0.1) is 12.7 Å². The predicted octanol–water partition coefficient (Wildman–Crippen LogP) is 10.3. The molecule has 2 N–H and O–H groups in total. The third-order valence-electron chi connectivity index (χ3n) is 10.7. The summed E-state index contributed by atoms with van der Waals surface area (Å²) >= 11 is 0. The summed E-state index contributed by atoms with van der Waals surface area (Å²) in [6, 6.07) is 37.6. The molecule has 9 rings (SSSR count). The standard InChI is InChI=1S/C49H39FN2O6/c1-28-10-12-33(13-11-28)46-44(48(53)51-2)42-36-24-29-6-4-8-31(22-29)27-56-39-19-21-41-43(45(49(54)52-3)47(58-41)34-14-16-35(50)17-15-34)37(39)25-30-7-5-9-32(23-30)26-55-38(36)18-20-40(42)57-46/h4-23H,24-27H2,1-3H3,(H,51,53)(H,52,54). The number of carbonyl (C=O) groups excluding carboxylic acids is 2. The van der Waals surface area contributed by atoms with Crippen molar-refractivity contribution in [3.05, 3.63) is 177 Å². The number of benzene rings is 6. The molecule has 1 aliphatic heterocycles. The number of furan rings is 2. The van der Waals surface area contributed by atoms with Gasteiger partial charge in [0, 0.05) is 60.0 Å². The number of fused-ring (bicyclic) bond motifs is 10. The smallest absolute Gasteiger partial charge is 0.255 e. The number of aryl methyl sites for hydroxylation is 1. The van der Waals surface area contributed by atoms with E-state index in [-0.39, 0.29) is 30.8 Å². The highest BCUT2D eigenvalue weighted by Crippen LogP contribution is 2.42. The van der Waals surface area contributed by atoms with E-state index >= 15 is 0 Å². The molecule has 0 unspecified atom stereocenters. The van der Waals surface area contributed by atoms with Crippen LogP contribution in [-0.4, -0.2) is 25.9 Å². The maximum Gasteiger partial charge on any atom is 0.255 e. The average molecular weight is 771 g/mol. The van der Waals surface area contributed by atoms with Crippen LogP contribution in [-0.2, 0) is 26.1 Å². The minimum atomic E-state index is -0.385. The van der Waals surface area contributed by atoms with E-state index in [0.717, 1.165) is 44.5 Å². The van der Waals surface area contributed by atoms with Crippen LogP contribution in [0.5, 0.6) is 11.5 Å². The fraction of sp³-hybridized carbons (Fsp3) is 0.143. The summed E-state index contributed by atoms with van der Waals surface area (Å²) in [7, 11) is 3.20. The molecule has 0 fully saturated rings. The first-order valence-corrected chi connectivity index (χ1v) is 19.1. The highest BCUT2D eigenvalue weighted by Gasteiger charge is 2.28. The first kappa shape index (κ1) is 36.5. The molecular weight excluding hydrogens is 732 g/mol. The molecule has 288 valence electrons. The quantitative estimate of drug-likeness (QED) is 0.185. The van der Waals surface area contributed by atoms with Crippen LogP contribution < -0.4 is 20.1 Å². The maximum atomic E-state index is 14.0. The second-order valence-electron chi connectivity index (χ2n) is 14.5. The minimum Gasteiger partial charge on any atom is -0.489 e. The van der Waals surface area contributed by atoms with Gasteiger partial charge >= 0.3 is 0 Å². The van der Waals surface area contributed by atoms with E-state index in [1.807, 2.05) is 85.8 Å². The lowest BCUT2D eigenvalue weighted by molar-refractivity contribution is 0.0956. The Bertz CT molecular complexity index is 2670. The Morgan fingerprint density at radius 2 is 0.983 bits per heavy atom. The summed E-state index contributed by atoms with van der Waals surface area (Å²) in [5.74, 6) is 1.13. The lowest BCUT2D eigenvalue weighted by Gasteiger charge is -2.17. The van der Waals surface area contributed by atoms with Crippen molar-refractivity contribution in [1.82, 2.24) is 10.6 Å². The molecule has 58 heavy (non-hydrogen) atoms. The van der Waals surface area contributed by atoms with E-state index in [1.54, 1.807) is 26.2 Å². The van der Waals surface area contributed by atoms with Crippen LogP contribution in [0.15, 0.2) is 130 Å². The minimum absolute atomic E-state index is 0.241. The van der Waals surface area contributed by atoms with E-state index in [1.165, 1.54) is 12.1 Å². The summed E-state index contributed by atoms with van der Waals surface area (Å²) in [6.07, 6.45) is 0.863. The molecule has 3 heterocycles. The van der Waals surface area contributed by atoms with E-state index in [4.69, 9.17) is 18.3 Å². The van der Waals surface area contributed by atoms with Crippen molar-refractivity contribution in [2.75, 3.05) is 14.1 Å². The van der Waals surface area contributed by atoms with Gasteiger partial charge in [0.05, 0.1) is 11.1 Å². The number of rotatable bonds is 4. The number of amides is 2. The number of ether oxygens (including phenoxy) is 2. The molecule has 9 heteroatoms.